The minimum Gasteiger partial charge on any atom is -0.480 e. The Balaban J connectivity index is 0.00000196. The Morgan fingerprint density at radius 3 is 2.53 bits per heavy atom. The van der Waals surface area contributed by atoms with E-state index in [1.165, 1.54) is 0 Å². The molecule has 0 spiro atoms. The first-order chi connectivity index (χ1) is 6.40. The van der Waals surface area contributed by atoms with Gasteiger partial charge in [-0.3, -0.25) is 9.36 Å². The molecule has 4 N–H and O–H groups in total. The van der Waals surface area contributed by atoms with Gasteiger partial charge in [0.2, 0.25) is 0 Å². The minimum atomic E-state index is -4.11. The molecule has 0 amide bonds. The van der Waals surface area contributed by atoms with Crippen molar-refractivity contribution in [3.8, 4) is 0 Å². The van der Waals surface area contributed by atoms with E-state index < -0.39 is 25.5 Å². The van der Waals surface area contributed by atoms with Crippen LogP contribution in [-0.2, 0) is 9.36 Å². The molecule has 1 aliphatic rings. The standard InChI is InChI=1S/C7H14NO5P.ClH/c9-7(10)6-5(2-1-3-8-6)4-14(11,12)13;/h5-6,8H,1-4H2,(H,9,10)(H2,11,12,13);1H/t5-,6+;/m0./s1. The van der Waals surface area contributed by atoms with Crippen molar-refractivity contribution in [2.45, 2.75) is 18.9 Å². The lowest BCUT2D eigenvalue weighted by atomic mass is 9.93. The zero-order chi connectivity index (χ0) is 10.8. The predicted molar refractivity (Wildman–Crippen MR) is 56.3 cm³/mol. The van der Waals surface area contributed by atoms with E-state index in [2.05, 4.69) is 5.32 Å². The van der Waals surface area contributed by atoms with E-state index >= 15 is 0 Å². The van der Waals surface area contributed by atoms with Crippen molar-refractivity contribution in [1.82, 2.24) is 5.32 Å². The van der Waals surface area contributed by atoms with Crippen LogP contribution in [0, 0.1) is 5.92 Å². The first kappa shape index (κ1) is 14.9. The van der Waals surface area contributed by atoms with Crippen molar-refractivity contribution < 1.29 is 24.3 Å². The molecule has 8 heteroatoms. The normalized spacial score (nSPS) is 26.8. The maximum atomic E-state index is 10.7. The first-order valence-corrected chi connectivity index (χ1v) is 6.20. The summed E-state index contributed by atoms with van der Waals surface area (Å²) in [4.78, 5) is 28.3. The third kappa shape index (κ3) is 4.95. The molecular formula is C7H15ClNO5P. The molecule has 6 nitrogen and oxygen atoms in total. The summed E-state index contributed by atoms with van der Waals surface area (Å²) in [5, 5.41) is 11.5. The monoisotopic (exact) mass is 259 g/mol. The van der Waals surface area contributed by atoms with E-state index in [9.17, 15) is 9.36 Å². The molecular weight excluding hydrogens is 245 g/mol. The Bertz CT molecular complexity index is 268. The van der Waals surface area contributed by atoms with Crippen LogP contribution in [0.2, 0.25) is 0 Å². The van der Waals surface area contributed by atoms with Gasteiger partial charge >= 0.3 is 13.6 Å². The van der Waals surface area contributed by atoms with Gasteiger partial charge in [0.1, 0.15) is 6.04 Å². The highest BCUT2D eigenvalue weighted by Gasteiger charge is 2.34. The number of piperidine rings is 1. The summed E-state index contributed by atoms with van der Waals surface area (Å²) in [5.41, 5.74) is 0. The van der Waals surface area contributed by atoms with Gasteiger partial charge in [-0.05, 0) is 25.3 Å². The molecule has 0 saturated carbocycles. The lowest BCUT2D eigenvalue weighted by molar-refractivity contribution is -0.141. The third-order valence-electron chi connectivity index (χ3n) is 2.33. The predicted octanol–water partition coefficient (Wildman–Crippen LogP) is 0.0387. The molecule has 0 aromatic heterocycles. The molecule has 0 aliphatic carbocycles. The number of carboxylic acids is 1. The SMILES string of the molecule is Cl.O=C(O)[C@@H]1NCCC[C@H]1CP(=O)(O)O. The fraction of sp³-hybridized carbons (Fsp3) is 0.857. The van der Waals surface area contributed by atoms with Gasteiger partial charge in [0.25, 0.3) is 0 Å². The Morgan fingerprint density at radius 2 is 2.07 bits per heavy atom. The van der Waals surface area contributed by atoms with Gasteiger partial charge in [-0.1, -0.05) is 0 Å². The summed E-state index contributed by atoms with van der Waals surface area (Å²) >= 11 is 0. The summed E-state index contributed by atoms with van der Waals surface area (Å²) in [6, 6.07) is -0.823. The van der Waals surface area contributed by atoms with Gasteiger partial charge in [0.05, 0.1) is 6.16 Å². The topological polar surface area (TPSA) is 107 Å². The zero-order valence-electron chi connectivity index (χ0n) is 8.00. The number of halogens is 1. The molecule has 0 bridgehead atoms. The van der Waals surface area contributed by atoms with Crippen LogP contribution in [0.4, 0.5) is 0 Å². The van der Waals surface area contributed by atoms with E-state index in [-0.39, 0.29) is 18.6 Å². The number of aliphatic carboxylic acids is 1. The smallest absolute Gasteiger partial charge is 0.325 e. The Labute approximate surface area is 93.6 Å². The van der Waals surface area contributed by atoms with E-state index in [0.29, 0.717) is 13.0 Å². The number of hydrogen-bond acceptors (Lipinski definition) is 3. The van der Waals surface area contributed by atoms with Gasteiger partial charge in [-0.15, -0.1) is 12.4 Å². The van der Waals surface area contributed by atoms with Crippen LogP contribution in [0.5, 0.6) is 0 Å². The fourth-order valence-corrected chi connectivity index (χ4v) is 2.75. The second-order valence-electron chi connectivity index (χ2n) is 3.52. The van der Waals surface area contributed by atoms with E-state index in [4.69, 9.17) is 14.9 Å². The number of carbonyl (C=O) groups is 1. The Hall–Kier alpha value is -0.130. The quantitative estimate of drug-likeness (QED) is 0.533. The van der Waals surface area contributed by atoms with Crippen LogP contribution in [0.3, 0.4) is 0 Å². The average molecular weight is 260 g/mol. The molecule has 1 saturated heterocycles. The zero-order valence-corrected chi connectivity index (χ0v) is 9.71. The highest BCUT2D eigenvalue weighted by atomic mass is 35.5. The summed E-state index contributed by atoms with van der Waals surface area (Å²) in [6.45, 7) is 0.592. The minimum absolute atomic E-state index is 0. The molecule has 1 rings (SSSR count). The number of rotatable bonds is 3. The highest BCUT2D eigenvalue weighted by molar-refractivity contribution is 7.51. The Morgan fingerprint density at radius 1 is 1.47 bits per heavy atom. The van der Waals surface area contributed by atoms with E-state index in [1.54, 1.807) is 0 Å². The largest absolute Gasteiger partial charge is 0.480 e. The summed E-state index contributed by atoms with van der Waals surface area (Å²) in [5.74, 6) is -1.51. The lowest BCUT2D eigenvalue weighted by Crippen LogP contribution is -2.48. The molecule has 0 unspecified atom stereocenters. The van der Waals surface area contributed by atoms with Crippen molar-refractivity contribution in [3.63, 3.8) is 0 Å². The molecule has 15 heavy (non-hydrogen) atoms. The van der Waals surface area contributed by atoms with Crippen LogP contribution < -0.4 is 5.32 Å². The molecule has 1 heterocycles. The molecule has 1 fully saturated rings. The summed E-state index contributed by atoms with van der Waals surface area (Å²) in [7, 11) is -4.11. The lowest BCUT2D eigenvalue weighted by Gasteiger charge is -2.29. The van der Waals surface area contributed by atoms with Gasteiger partial charge in [-0.2, -0.15) is 0 Å². The fourth-order valence-electron chi connectivity index (χ4n) is 1.75. The maximum absolute atomic E-state index is 10.7. The van der Waals surface area contributed by atoms with Crippen LogP contribution in [-0.4, -0.2) is 39.6 Å². The number of carboxylic acid groups (broad SMARTS) is 1. The second kappa shape index (κ2) is 5.82. The van der Waals surface area contributed by atoms with Gasteiger partial charge in [0, 0.05) is 0 Å². The van der Waals surface area contributed by atoms with Crippen LogP contribution in [0.1, 0.15) is 12.8 Å². The van der Waals surface area contributed by atoms with Crippen molar-refractivity contribution >= 4 is 26.0 Å². The summed E-state index contributed by atoms with van der Waals surface area (Å²) < 4.78 is 10.7. The van der Waals surface area contributed by atoms with Crippen LogP contribution >= 0.6 is 20.0 Å². The molecule has 2 atom stereocenters. The number of hydrogen-bond donors (Lipinski definition) is 4. The van der Waals surface area contributed by atoms with E-state index in [0.717, 1.165) is 6.42 Å². The van der Waals surface area contributed by atoms with Crippen molar-refractivity contribution in [3.05, 3.63) is 0 Å². The van der Waals surface area contributed by atoms with Gasteiger partial charge < -0.3 is 20.2 Å². The van der Waals surface area contributed by atoms with Crippen molar-refractivity contribution in [2.75, 3.05) is 12.7 Å². The van der Waals surface area contributed by atoms with Gasteiger partial charge in [-0.25, -0.2) is 0 Å². The number of nitrogens with one attached hydrogen (secondary N) is 1. The molecule has 0 aromatic carbocycles. The van der Waals surface area contributed by atoms with Crippen molar-refractivity contribution in [2.24, 2.45) is 5.92 Å². The van der Waals surface area contributed by atoms with Crippen LogP contribution in [0.15, 0.2) is 0 Å². The molecule has 0 radical (unpaired) electrons. The second-order valence-corrected chi connectivity index (χ2v) is 5.21. The first-order valence-electron chi connectivity index (χ1n) is 4.41. The Kier molecular flexibility index (Phi) is 5.77. The molecule has 1 aliphatic heterocycles. The average Bonchev–Trinajstić information content (AvgIpc) is 2.01. The van der Waals surface area contributed by atoms with Gasteiger partial charge in [0.15, 0.2) is 0 Å². The third-order valence-corrected chi connectivity index (χ3v) is 3.27. The van der Waals surface area contributed by atoms with Crippen LogP contribution in [0.25, 0.3) is 0 Å². The van der Waals surface area contributed by atoms with Crippen molar-refractivity contribution in [1.29, 1.82) is 0 Å². The van der Waals surface area contributed by atoms with E-state index in [1.807, 2.05) is 0 Å². The summed E-state index contributed by atoms with van der Waals surface area (Å²) in [6.07, 6.45) is 0.959. The molecule has 90 valence electrons. The molecule has 0 aromatic rings. The maximum Gasteiger partial charge on any atom is 0.325 e. The highest BCUT2D eigenvalue weighted by Crippen LogP contribution is 2.39.